The molecule has 0 aromatic heterocycles. The van der Waals surface area contributed by atoms with E-state index < -0.39 is 29.9 Å². The Morgan fingerprint density at radius 2 is 1.75 bits per heavy atom. The second kappa shape index (κ2) is 8.53. The van der Waals surface area contributed by atoms with Crippen LogP contribution in [0.15, 0.2) is 66.7 Å². The molecule has 3 aromatic rings. The van der Waals surface area contributed by atoms with Crippen molar-refractivity contribution < 1.29 is 31.8 Å². The van der Waals surface area contributed by atoms with Gasteiger partial charge in [0.1, 0.15) is 18.2 Å². The molecule has 0 aliphatic carbocycles. The number of halogens is 4. The number of hydrogen-bond donors (Lipinski definition) is 0. The van der Waals surface area contributed by atoms with Crippen LogP contribution in [0.4, 0.5) is 22.4 Å². The van der Waals surface area contributed by atoms with Crippen molar-refractivity contribution in [1.82, 2.24) is 4.90 Å². The van der Waals surface area contributed by atoms with Crippen molar-refractivity contribution in [3.8, 4) is 16.9 Å². The molecule has 0 saturated heterocycles. The van der Waals surface area contributed by atoms with Gasteiger partial charge in [-0.25, -0.2) is 9.18 Å². The van der Waals surface area contributed by atoms with E-state index in [1.54, 1.807) is 0 Å². The van der Waals surface area contributed by atoms with E-state index in [1.807, 2.05) is 30.3 Å². The van der Waals surface area contributed by atoms with Crippen LogP contribution < -0.4 is 4.74 Å². The molecule has 1 aliphatic heterocycles. The number of carbonyl (C=O) groups excluding carboxylic acids is 1. The molecule has 3 aromatic carbocycles. The van der Waals surface area contributed by atoms with Crippen LogP contribution in [-0.2, 0) is 23.9 Å². The first-order valence-corrected chi connectivity index (χ1v) is 9.83. The first-order chi connectivity index (χ1) is 15.2. The van der Waals surface area contributed by atoms with Crippen LogP contribution >= 0.6 is 0 Å². The average molecular weight is 445 g/mol. The van der Waals surface area contributed by atoms with Crippen LogP contribution in [0.5, 0.6) is 5.75 Å². The Labute approximate surface area is 182 Å². The largest absolute Gasteiger partial charge is 0.469 e. The summed E-state index contributed by atoms with van der Waals surface area (Å²) in [6.45, 7) is 0.0581. The number of benzene rings is 3. The smallest absolute Gasteiger partial charge is 0.417 e. The summed E-state index contributed by atoms with van der Waals surface area (Å²) in [5.74, 6) is -0.565. The molecule has 0 N–H and O–H groups in total. The summed E-state index contributed by atoms with van der Waals surface area (Å²) in [5, 5.41) is 0. The van der Waals surface area contributed by atoms with Gasteiger partial charge in [-0.1, -0.05) is 48.5 Å². The predicted molar refractivity (Wildman–Crippen MR) is 109 cm³/mol. The lowest BCUT2D eigenvalue weighted by molar-refractivity contribution is -0.137. The minimum absolute atomic E-state index is 0.0125. The van der Waals surface area contributed by atoms with Crippen LogP contribution in [0.25, 0.3) is 11.1 Å². The van der Waals surface area contributed by atoms with E-state index in [0.29, 0.717) is 5.56 Å². The van der Waals surface area contributed by atoms with Gasteiger partial charge < -0.3 is 9.47 Å². The van der Waals surface area contributed by atoms with E-state index in [0.717, 1.165) is 17.7 Å². The average Bonchev–Trinajstić information content (AvgIpc) is 3.20. The summed E-state index contributed by atoms with van der Waals surface area (Å²) in [6.07, 6.45) is -6.01. The monoisotopic (exact) mass is 445 g/mol. The highest BCUT2D eigenvalue weighted by Gasteiger charge is 2.37. The first kappa shape index (κ1) is 21.7. The van der Waals surface area contributed by atoms with Gasteiger partial charge in [0.05, 0.1) is 5.56 Å². The van der Waals surface area contributed by atoms with Gasteiger partial charge in [0, 0.05) is 24.6 Å². The van der Waals surface area contributed by atoms with E-state index in [1.165, 1.54) is 36.2 Å². The molecule has 4 rings (SSSR count). The number of likely N-dealkylation sites (N-methyl/N-ethyl adjacent to an activating group) is 1. The van der Waals surface area contributed by atoms with E-state index in [4.69, 9.17) is 9.47 Å². The number of hydrogen-bond acceptors (Lipinski definition) is 3. The van der Waals surface area contributed by atoms with Crippen molar-refractivity contribution in [2.45, 2.75) is 25.4 Å². The minimum atomic E-state index is -4.62. The van der Waals surface area contributed by atoms with Gasteiger partial charge in [-0.15, -0.1) is 0 Å². The molecule has 0 bridgehead atoms. The van der Waals surface area contributed by atoms with Crippen molar-refractivity contribution >= 4 is 6.09 Å². The highest BCUT2D eigenvalue weighted by atomic mass is 19.4. The quantitative estimate of drug-likeness (QED) is 0.460. The molecule has 8 heteroatoms. The normalized spacial score (nSPS) is 15.1. The van der Waals surface area contributed by atoms with Gasteiger partial charge >= 0.3 is 12.3 Å². The highest BCUT2D eigenvalue weighted by Crippen LogP contribution is 2.44. The lowest BCUT2D eigenvalue weighted by atomic mass is 9.96. The van der Waals surface area contributed by atoms with E-state index in [9.17, 15) is 22.4 Å². The third-order valence-electron chi connectivity index (χ3n) is 5.23. The van der Waals surface area contributed by atoms with Crippen LogP contribution in [0.2, 0.25) is 0 Å². The summed E-state index contributed by atoms with van der Waals surface area (Å²) in [7, 11) is 1.46. The zero-order chi connectivity index (χ0) is 22.9. The summed E-state index contributed by atoms with van der Waals surface area (Å²) in [6, 6.07) is 16.2. The molecule has 1 aliphatic rings. The van der Waals surface area contributed by atoms with Crippen molar-refractivity contribution in [3.63, 3.8) is 0 Å². The zero-order valence-electron chi connectivity index (χ0n) is 17.0. The minimum Gasteiger partial charge on any atom is -0.469 e. The highest BCUT2D eigenvalue weighted by molar-refractivity contribution is 5.76. The molecule has 1 atom stereocenters. The molecule has 0 spiro atoms. The Kier molecular flexibility index (Phi) is 5.78. The number of fused-ring (bicyclic) bond motifs is 1. The second-order valence-corrected chi connectivity index (χ2v) is 7.41. The molecular formula is C24H19F4NO3. The molecule has 0 radical (unpaired) electrons. The Morgan fingerprint density at radius 3 is 2.47 bits per heavy atom. The molecule has 0 saturated carbocycles. The lowest BCUT2D eigenvalue weighted by Crippen LogP contribution is -2.40. The number of rotatable bonds is 4. The fraction of sp³-hybridized carbons (Fsp3) is 0.208. The molecule has 1 amide bonds. The molecule has 1 heterocycles. The van der Waals surface area contributed by atoms with Crippen molar-refractivity contribution in [1.29, 1.82) is 0 Å². The van der Waals surface area contributed by atoms with Crippen molar-refractivity contribution in [2.75, 3.05) is 7.05 Å². The lowest BCUT2D eigenvalue weighted by Gasteiger charge is -2.24. The third kappa shape index (κ3) is 4.39. The Hall–Kier alpha value is -3.55. The summed E-state index contributed by atoms with van der Waals surface area (Å²) < 4.78 is 66.0. The standard InChI is InChI=1S/C24H19F4NO3/c1-29(23(30)31-14-15-7-3-2-4-8-15)21-12-16-11-17(25)13-19(22(16)32-21)18-9-5-6-10-20(18)24(26,27)28/h2-11,13,21H,12,14H2,1H3. The Bertz CT molecular complexity index is 1130. The molecule has 166 valence electrons. The Morgan fingerprint density at radius 1 is 1.06 bits per heavy atom. The fourth-order valence-electron chi connectivity index (χ4n) is 3.63. The zero-order valence-corrected chi connectivity index (χ0v) is 17.0. The maximum atomic E-state index is 14.3. The van der Waals surface area contributed by atoms with E-state index in [-0.39, 0.29) is 29.9 Å². The van der Waals surface area contributed by atoms with E-state index in [2.05, 4.69) is 0 Å². The van der Waals surface area contributed by atoms with Crippen LogP contribution in [0.3, 0.4) is 0 Å². The summed E-state index contributed by atoms with van der Waals surface area (Å²) in [5.41, 5.74) is 0.0883. The molecule has 32 heavy (non-hydrogen) atoms. The van der Waals surface area contributed by atoms with Crippen LogP contribution in [-0.4, -0.2) is 24.3 Å². The van der Waals surface area contributed by atoms with Gasteiger partial charge in [0.15, 0.2) is 6.23 Å². The van der Waals surface area contributed by atoms with Gasteiger partial charge in [0.2, 0.25) is 0 Å². The molecular weight excluding hydrogens is 426 g/mol. The van der Waals surface area contributed by atoms with Gasteiger partial charge in [0.25, 0.3) is 0 Å². The molecule has 0 fully saturated rings. The molecule has 1 unspecified atom stereocenters. The number of amides is 1. The Balaban J connectivity index is 1.57. The van der Waals surface area contributed by atoms with Gasteiger partial charge in [-0.2, -0.15) is 13.2 Å². The first-order valence-electron chi connectivity index (χ1n) is 9.83. The summed E-state index contributed by atoms with van der Waals surface area (Å²) in [4.78, 5) is 13.7. The van der Waals surface area contributed by atoms with Gasteiger partial charge in [-0.05, 0) is 29.3 Å². The molecule has 4 nitrogen and oxygen atoms in total. The number of alkyl halides is 3. The summed E-state index contributed by atoms with van der Waals surface area (Å²) >= 11 is 0. The van der Waals surface area contributed by atoms with Crippen LogP contribution in [0, 0.1) is 5.82 Å². The van der Waals surface area contributed by atoms with E-state index >= 15 is 0 Å². The fourth-order valence-corrected chi connectivity index (χ4v) is 3.63. The SMILES string of the molecule is CN(C(=O)OCc1ccccc1)C1Cc2cc(F)cc(-c3ccccc3C(F)(F)F)c2O1. The van der Waals surface area contributed by atoms with Gasteiger partial charge in [-0.3, -0.25) is 4.90 Å². The topological polar surface area (TPSA) is 38.8 Å². The predicted octanol–water partition coefficient (Wildman–Crippen LogP) is 6.04. The third-order valence-corrected chi connectivity index (χ3v) is 5.23. The second-order valence-electron chi connectivity index (χ2n) is 7.41. The number of carbonyl (C=O) groups is 1. The maximum absolute atomic E-state index is 14.3. The van der Waals surface area contributed by atoms with Crippen molar-refractivity contribution in [2.24, 2.45) is 0 Å². The van der Waals surface area contributed by atoms with Crippen LogP contribution in [0.1, 0.15) is 16.7 Å². The maximum Gasteiger partial charge on any atom is 0.417 e. The van der Waals surface area contributed by atoms with Crippen molar-refractivity contribution in [3.05, 3.63) is 89.2 Å². The number of ether oxygens (including phenoxy) is 2. The number of nitrogens with zero attached hydrogens (tertiary/aromatic N) is 1.